The Hall–Kier alpha value is -2.08. The van der Waals surface area contributed by atoms with E-state index in [-0.39, 0.29) is 6.09 Å². The summed E-state index contributed by atoms with van der Waals surface area (Å²) in [4.78, 5) is 30.9. The van der Waals surface area contributed by atoms with Crippen LogP contribution in [0.5, 0.6) is 0 Å². The predicted octanol–water partition coefficient (Wildman–Crippen LogP) is 3.16. The lowest BCUT2D eigenvalue weighted by Gasteiger charge is -2.43. The van der Waals surface area contributed by atoms with Crippen LogP contribution in [-0.4, -0.2) is 78.6 Å². The van der Waals surface area contributed by atoms with Crippen molar-refractivity contribution in [2.24, 2.45) is 0 Å². The van der Waals surface area contributed by atoms with E-state index in [0.29, 0.717) is 38.1 Å². The maximum absolute atomic E-state index is 12.7. The van der Waals surface area contributed by atoms with Gasteiger partial charge in [-0.3, -0.25) is 9.69 Å². The number of hydrogen-bond donors (Lipinski definition) is 0. The minimum absolute atomic E-state index is 0.205. The highest BCUT2D eigenvalue weighted by molar-refractivity contribution is 5.76. The van der Waals surface area contributed by atoms with Crippen molar-refractivity contribution >= 4 is 12.0 Å². The fourth-order valence-corrected chi connectivity index (χ4v) is 4.37. The van der Waals surface area contributed by atoms with Crippen LogP contribution >= 0.6 is 0 Å². The first-order chi connectivity index (χ1) is 14.2. The normalized spacial score (nSPS) is 20.5. The molecule has 2 fully saturated rings. The molecule has 2 aliphatic rings. The highest BCUT2D eigenvalue weighted by Gasteiger charge is 2.31. The lowest BCUT2D eigenvalue weighted by molar-refractivity contribution is -0.133. The first-order valence-electron chi connectivity index (χ1n) is 11.1. The maximum atomic E-state index is 12.7. The quantitative estimate of drug-likeness (QED) is 0.659. The van der Waals surface area contributed by atoms with Crippen LogP contribution in [0.2, 0.25) is 0 Å². The largest absolute Gasteiger partial charge is 0.450 e. The molecule has 2 aliphatic heterocycles. The van der Waals surface area contributed by atoms with E-state index in [0.717, 1.165) is 58.3 Å². The molecule has 6 nitrogen and oxygen atoms in total. The molecular weight excluding hydrogens is 366 g/mol. The number of carbonyl (C=O) groups is 2. The van der Waals surface area contributed by atoms with Gasteiger partial charge < -0.3 is 14.5 Å². The number of nitrogens with zero attached hydrogens (tertiary/aromatic N) is 3. The highest BCUT2D eigenvalue weighted by atomic mass is 16.6. The zero-order valence-corrected chi connectivity index (χ0v) is 17.7. The second-order valence-corrected chi connectivity index (χ2v) is 8.05. The highest BCUT2D eigenvalue weighted by Crippen LogP contribution is 2.19. The summed E-state index contributed by atoms with van der Waals surface area (Å²) in [5, 5.41) is 0. The molecular formula is C23H35N3O3. The molecule has 0 spiro atoms. The average Bonchev–Trinajstić information content (AvgIpc) is 2.77. The van der Waals surface area contributed by atoms with E-state index in [2.05, 4.69) is 34.1 Å². The Morgan fingerprint density at radius 2 is 1.76 bits per heavy atom. The molecule has 0 saturated carbocycles. The van der Waals surface area contributed by atoms with Gasteiger partial charge in [-0.2, -0.15) is 0 Å². The molecule has 6 heteroatoms. The van der Waals surface area contributed by atoms with Gasteiger partial charge in [0.15, 0.2) is 0 Å². The van der Waals surface area contributed by atoms with Gasteiger partial charge in [-0.05, 0) is 44.6 Å². The Balaban J connectivity index is 1.37. The first-order valence-corrected chi connectivity index (χ1v) is 11.1. The van der Waals surface area contributed by atoms with Gasteiger partial charge in [0.05, 0.1) is 6.61 Å². The van der Waals surface area contributed by atoms with Gasteiger partial charge in [-0.1, -0.05) is 30.3 Å². The molecule has 1 unspecified atom stereocenters. The fourth-order valence-electron chi connectivity index (χ4n) is 4.37. The number of hydrogen-bond acceptors (Lipinski definition) is 4. The van der Waals surface area contributed by atoms with Crippen LogP contribution in [0.3, 0.4) is 0 Å². The Labute approximate surface area is 174 Å². The zero-order valence-electron chi connectivity index (χ0n) is 17.7. The molecule has 160 valence electrons. The molecule has 0 aromatic heterocycles. The van der Waals surface area contributed by atoms with Crippen molar-refractivity contribution in [3.63, 3.8) is 0 Å². The number of benzene rings is 1. The number of ether oxygens (including phenoxy) is 1. The summed E-state index contributed by atoms with van der Waals surface area (Å²) in [7, 11) is 0. The molecule has 0 bridgehead atoms. The van der Waals surface area contributed by atoms with Crippen molar-refractivity contribution in [3.8, 4) is 0 Å². The van der Waals surface area contributed by atoms with Gasteiger partial charge in [-0.25, -0.2) is 4.79 Å². The molecule has 1 aromatic carbocycles. The standard InChI is InChI=1S/C23H35N3O3/c1-2-29-23(28)25-17-15-24(16-18-25)21-12-8-14-26(19-21)22(27)13-7-6-11-20-9-4-3-5-10-20/h3-5,9-10,21H,2,6-8,11-19H2,1H3. The summed E-state index contributed by atoms with van der Waals surface area (Å²) in [6, 6.07) is 10.9. The molecule has 1 aromatic rings. The number of amides is 2. The predicted molar refractivity (Wildman–Crippen MR) is 114 cm³/mol. The summed E-state index contributed by atoms with van der Waals surface area (Å²) in [5.41, 5.74) is 1.35. The summed E-state index contributed by atoms with van der Waals surface area (Å²) < 4.78 is 5.10. The van der Waals surface area contributed by atoms with Crippen LogP contribution in [0.1, 0.15) is 44.6 Å². The van der Waals surface area contributed by atoms with Crippen LogP contribution in [-0.2, 0) is 16.0 Å². The van der Waals surface area contributed by atoms with Gasteiger partial charge in [-0.15, -0.1) is 0 Å². The van der Waals surface area contributed by atoms with E-state index in [1.807, 2.05) is 13.0 Å². The van der Waals surface area contributed by atoms with Crippen LogP contribution in [0, 0.1) is 0 Å². The zero-order chi connectivity index (χ0) is 20.5. The average molecular weight is 402 g/mol. The second-order valence-electron chi connectivity index (χ2n) is 8.05. The SMILES string of the molecule is CCOC(=O)N1CCN(C2CCCN(C(=O)CCCCc3ccccc3)C2)CC1. The molecule has 0 radical (unpaired) electrons. The topological polar surface area (TPSA) is 53.1 Å². The Morgan fingerprint density at radius 3 is 2.48 bits per heavy atom. The van der Waals surface area contributed by atoms with Crippen LogP contribution in [0.25, 0.3) is 0 Å². The van der Waals surface area contributed by atoms with Crippen molar-refractivity contribution in [3.05, 3.63) is 35.9 Å². The Kier molecular flexibility index (Phi) is 8.35. The van der Waals surface area contributed by atoms with Crippen molar-refractivity contribution in [1.29, 1.82) is 0 Å². The summed E-state index contributed by atoms with van der Waals surface area (Å²) in [6.07, 6.45) is 5.70. The van der Waals surface area contributed by atoms with E-state index in [1.54, 1.807) is 4.90 Å². The van der Waals surface area contributed by atoms with Gasteiger partial charge in [0.2, 0.25) is 5.91 Å². The van der Waals surface area contributed by atoms with Crippen LogP contribution < -0.4 is 0 Å². The smallest absolute Gasteiger partial charge is 0.409 e. The third kappa shape index (κ3) is 6.46. The second kappa shape index (κ2) is 11.2. The van der Waals surface area contributed by atoms with Crippen LogP contribution in [0.4, 0.5) is 4.79 Å². The number of unbranched alkanes of at least 4 members (excludes halogenated alkanes) is 1. The summed E-state index contributed by atoms with van der Waals surface area (Å²) in [6.45, 7) is 7.12. The van der Waals surface area contributed by atoms with E-state index in [1.165, 1.54) is 5.56 Å². The molecule has 0 N–H and O–H groups in total. The molecule has 0 aliphatic carbocycles. The van der Waals surface area contributed by atoms with Gasteiger partial charge in [0.25, 0.3) is 0 Å². The van der Waals surface area contributed by atoms with Crippen LogP contribution in [0.15, 0.2) is 30.3 Å². The summed E-state index contributed by atoms with van der Waals surface area (Å²) >= 11 is 0. The monoisotopic (exact) mass is 401 g/mol. The number of aryl methyl sites for hydroxylation is 1. The fraction of sp³-hybridized carbons (Fsp3) is 0.652. The number of likely N-dealkylation sites (tertiary alicyclic amines) is 1. The van der Waals surface area contributed by atoms with Crippen molar-refractivity contribution in [1.82, 2.24) is 14.7 Å². The third-order valence-electron chi connectivity index (χ3n) is 6.05. The minimum atomic E-state index is -0.205. The molecule has 29 heavy (non-hydrogen) atoms. The molecule has 2 saturated heterocycles. The lowest BCUT2D eigenvalue weighted by Crippen LogP contribution is -2.56. The first kappa shape index (κ1) is 21.6. The number of carbonyl (C=O) groups excluding carboxylic acids is 2. The van der Waals surface area contributed by atoms with Gasteiger partial charge >= 0.3 is 6.09 Å². The molecule has 2 heterocycles. The van der Waals surface area contributed by atoms with Crippen molar-refractivity contribution in [2.45, 2.75) is 51.5 Å². The Bertz CT molecular complexity index is 644. The number of piperidine rings is 1. The lowest BCUT2D eigenvalue weighted by atomic mass is 10.0. The minimum Gasteiger partial charge on any atom is -0.450 e. The van der Waals surface area contributed by atoms with Crippen molar-refractivity contribution < 1.29 is 14.3 Å². The maximum Gasteiger partial charge on any atom is 0.409 e. The van der Waals surface area contributed by atoms with E-state index in [4.69, 9.17) is 4.74 Å². The van der Waals surface area contributed by atoms with E-state index in [9.17, 15) is 9.59 Å². The van der Waals surface area contributed by atoms with E-state index >= 15 is 0 Å². The van der Waals surface area contributed by atoms with Gasteiger partial charge in [0.1, 0.15) is 0 Å². The van der Waals surface area contributed by atoms with Crippen molar-refractivity contribution in [2.75, 3.05) is 45.9 Å². The number of rotatable bonds is 7. The molecule has 3 rings (SSSR count). The molecule has 1 atom stereocenters. The van der Waals surface area contributed by atoms with Gasteiger partial charge in [0, 0.05) is 51.7 Å². The third-order valence-corrected chi connectivity index (χ3v) is 6.05. The molecule has 2 amide bonds. The summed E-state index contributed by atoms with van der Waals surface area (Å²) in [5.74, 6) is 0.299. The number of piperazine rings is 1. The van der Waals surface area contributed by atoms with E-state index < -0.39 is 0 Å². The Morgan fingerprint density at radius 1 is 1.00 bits per heavy atom.